The molecule has 0 saturated carbocycles. The Morgan fingerprint density at radius 2 is 1.92 bits per heavy atom. The summed E-state index contributed by atoms with van der Waals surface area (Å²) in [4.78, 5) is 11.9. The van der Waals surface area contributed by atoms with Gasteiger partial charge in [-0.1, -0.05) is 6.92 Å². The Hall–Kier alpha value is -2.27. The van der Waals surface area contributed by atoms with Gasteiger partial charge in [0.15, 0.2) is 5.58 Å². The minimum absolute atomic E-state index is 0.0808. The molecule has 25 heavy (non-hydrogen) atoms. The van der Waals surface area contributed by atoms with Gasteiger partial charge in [0.1, 0.15) is 23.2 Å². The lowest BCUT2D eigenvalue weighted by molar-refractivity contribution is 0.0139. The van der Waals surface area contributed by atoms with Gasteiger partial charge in [-0.15, -0.1) is 0 Å². The molecule has 1 aromatic heterocycles. The van der Waals surface area contributed by atoms with Crippen molar-refractivity contribution < 1.29 is 19.0 Å². The quantitative estimate of drug-likeness (QED) is 0.739. The van der Waals surface area contributed by atoms with Gasteiger partial charge in [0.05, 0.1) is 22.6 Å². The lowest BCUT2D eigenvalue weighted by Crippen LogP contribution is -2.35. The van der Waals surface area contributed by atoms with Crippen molar-refractivity contribution in [3.8, 4) is 11.5 Å². The van der Waals surface area contributed by atoms with E-state index in [0.29, 0.717) is 28.2 Å². The summed E-state index contributed by atoms with van der Waals surface area (Å²) in [6, 6.07) is 1.45. The first kappa shape index (κ1) is 16.2. The van der Waals surface area contributed by atoms with Gasteiger partial charge in [-0.05, 0) is 45.4 Å². The van der Waals surface area contributed by atoms with Crippen molar-refractivity contribution in [2.24, 2.45) is 5.92 Å². The van der Waals surface area contributed by atoms with E-state index in [4.69, 9.17) is 13.9 Å². The molecule has 2 aliphatic heterocycles. The van der Waals surface area contributed by atoms with E-state index in [1.165, 1.54) is 6.07 Å². The molecule has 3 atom stereocenters. The zero-order valence-corrected chi connectivity index (χ0v) is 15.0. The van der Waals surface area contributed by atoms with Gasteiger partial charge in [-0.2, -0.15) is 0 Å². The van der Waals surface area contributed by atoms with Crippen LogP contribution in [0.1, 0.15) is 50.5 Å². The molecule has 2 aliphatic rings. The number of fused-ring (bicyclic) bond motifs is 6. The predicted molar refractivity (Wildman–Crippen MR) is 95.2 cm³/mol. The number of aryl methyl sites for hydroxylation is 1. The Balaban J connectivity index is 2.18. The van der Waals surface area contributed by atoms with E-state index >= 15 is 0 Å². The third-order valence-electron chi connectivity index (χ3n) is 5.22. The maximum absolute atomic E-state index is 11.9. The van der Waals surface area contributed by atoms with Crippen molar-refractivity contribution >= 4 is 17.0 Å². The molecule has 1 aromatic carbocycles. The highest BCUT2D eigenvalue weighted by atomic mass is 16.5. The summed E-state index contributed by atoms with van der Waals surface area (Å²) in [7, 11) is 0. The van der Waals surface area contributed by atoms with Crippen molar-refractivity contribution in [2.75, 3.05) is 0 Å². The molecule has 5 nitrogen and oxygen atoms in total. The fourth-order valence-electron chi connectivity index (χ4n) is 3.61. The SMILES string of the molecule is Cc1cc(=O)oc2c3c(c4c(c12)OC(C)C(C)C4O)OC(C)(C)C=C3. The van der Waals surface area contributed by atoms with Crippen molar-refractivity contribution in [3.05, 3.63) is 39.3 Å². The monoisotopic (exact) mass is 342 g/mol. The topological polar surface area (TPSA) is 68.9 Å². The van der Waals surface area contributed by atoms with Crippen LogP contribution in [-0.2, 0) is 0 Å². The van der Waals surface area contributed by atoms with Gasteiger partial charge in [0.25, 0.3) is 0 Å². The average Bonchev–Trinajstić information content (AvgIpc) is 2.50. The van der Waals surface area contributed by atoms with Crippen LogP contribution in [-0.4, -0.2) is 16.8 Å². The highest BCUT2D eigenvalue weighted by molar-refractivity contribution is 5.97. The molecule has 0 amide bonds. The largest absolute Gasteiger partial charge is 0.489 e. The van der Waals surface area contributed by atoms with E-state index in [-0.39, 0.29) is 12.0 Å². The van der Waals surface area contributed by atoms with Crippen LogP contribution >= 0.6 is 0 Å². The third-order valence-corrected chi connectivity index (χ3v) is 5.22. The number of ether oxygens (including phenoxy) is 2. The number of rotatable bonds is 0. The normalized spacial score (nSPS) is 26.6. The molecular formula is C20H22O5. The minimum Gasteiger partial charge on any atom is -0.489 e. The molecule has 0 spiro atoms. The van der Waals surface area contributed by atoms with Gasteiger partial charge >= 0.3 is 5.63 Å². The first-order chi connectivity index (χ1) is 11.7. The van der Waals surface area contributed by atoms with Crippen molar-refractivity contribution in [3.63, 3.8) is 0 Å². The molecule has 0 aliphatic carbocycles. The molecule has 1 N–H and O–H groups in total. The average molecular weight is 342 g/mol. The van der Waals surface area contributed by atoms with E-state index < -0.39 is 17.3 Å². The molecular weight excluding hydrogens is 320 g/mol. The highest BCUT2D eigenvalue weighted by Gasteiger charge is 2.40. The zero-order chi connectivity index (χ0) is 18.1. The molecule has 0 radical (unpaired) electrons. The van der Waals surface area contributed by atoms with Crippen LogP contribution in [0.5, 0.6) is 11.5 Å². The van der Waals surface area contributed by atoms with Gasteiger partial charge < -0.3 is 19.0 Å². The van der Waals surface area contributed by atoms with E-state index in [0.717, 1.165) is 10.9 Å². The molecule has 2 aromatic rings. The van der Waals surface area contributed by atoms with E-state index in [9.17, 15) is 9.90 Å². The van der Waals surface area contributed by atoms with Crippen molar-refractivity contribution in [2.45, 2.75) is 52.4 Å². The number of aliphatic hydroxyl groups excluding tert-OH is 1. The molecule has 5 heteroatoms. The Bertz CT molecular complexity index is 966. The first-order valence-corrected chi connectivity index (χ1v) is 8.57. The Labute approximate surface area is 145 Å². The van der Waals surface area contributed by atoms with E-state index in [1.807, 2.05) is 46.8 Å². The molecule has 132 valence electrons. The molecule has 0 bridgehead atoms. The second-order valence-corrected chi connectivity index (χ2v) is 7.60. The van der Waals surface area contributed by atoms with Crippen LogP contribution in [0.3, 0.4) is 0 Å². The molecule has 4 rings (SSSR count). The number of benzene rings is 1. The van der Waals surface area contributed by atoms with E-state index in [2.05, 4.69) is 0 Å². The number of hydrogen-bond acceptors (Lipinski definition) is 5. The first-order valence-electron chi connectivity index (χ1n) is 8.57. The Kier molecular flexibility index (Phi) is 3.32. The summed E-state index contributed by atoms with van der Waals surface area (Å²) < 4.78 is 17.9. The maximum Gasteiger partial charge on any atom is 0.336 e. The van der Waals surface area contributed by atoms with Crippen LogP contribution < -0.4 is 15.1 Å². The van der Waals surface area contributed by atoms with Crippen LogP contribution in [0.2, 0.25) is 0 Å². The summed E-state index contributed by atoms with van der Waals surface area (Å²) >= 11 is 0. The van der Waals surface area contributed by atoms with Crippen LogP contribution in [0, 0.1) is 12.8 Å². The predicted octanol–water partition coefficient (Wildman–Crippen LogP) is 3.74. The smallest absolute Gasteiger partial charge is 0.336 e. The summed E-state index contributed by atoms with van der Waals surface area (Å²) in [6.45, 7) is 9.62. The van der Waals surface area contributed by atoms with Gasteiger partial charge in [0, 0.05) is 12.0 Å². The maximum atomic E-state index is 11.9. The molecule has 0 saturated heterocycles. The van der Waals surface area contributed by atoms with Gasteiger partial charge in [-0.3, -0.25) is 0 Å². The van der Waals surface area contributed by atoms with Gasteiger partial charge in [-0.25, -0.2) is 4.79 Å². The fourth-order valence-corrected chi connectivity index (χ4v) is 3.61. The summed E-state index contributed by atoms with van der Waals surface area (Å²) in [5, 5.41) is 11.7. The third kappa shape index (κ3) is 2.29. The minimum atomic E-state index is -0.717. The Morgan fingerprint density at radius 3 is 2.64 bits per heavy atom. The second kappa shape index (κ2) is 5.11. The molecule has 3 heterocycles. The summed E-state index contributed by atoms with van der Waals surface area (Å²) in [5.41, 5.74) is 1.59. The van der Waals surface area contributed by atoms with Gasteiger partial charge in [0.2, 0.25) is 0 Å². The summed E-state index contributed by atoms with van der Waals surface area (Å²) in [6.07, 6.45) is 2.94. The molecule has 0 fully saturated rings. The zero-order valence-electron chi connectivity index (χ0n) is 15.0. The second-order valence-electron chi connectivity index (χ2n) is 7.60. The van der Waals surface area contributed by atoms with Crippen molar-refractivity contribution in [1.29, 1.82) is 0 Å². The van der Waals surface area contributed by atoms with Crippen LogP contribution in [0.15, 0.2) is 21.4 Å². The highest BCUT2D eigenvalue weighted by Crippen LogP contribution is 2.52. The standard InChI is InChI=1S/C20H22O5/c1-9-8-13(21)24-17-12-6-7-20(4,5)25-18(12)15-16(22)10(2)11(3)23-19(15)14(9)17/h6-8,10-11,16,22H,1-5H3. The summed E-state index contributed by atoms with van der Waals surface area (Å²) in [5.74, 6) is 1.01. The van der Waals surface area contributed by atoms with E-state index in [1.54, 1.807) is 0 Å². The van der Waals surface area contributed by atoms with Crippen LogP contribution in [0.4, 0.5) is 0 Å². The molecule has 3 unspecified atom stereocenters. The Morgan fingerprint density at radius 1 is 1.20 bits per heavy atom. The lowest BCUT2D eigenvalue weighted by atomic mass is 9.85. The van der Waals surface area contributed by atoms with Crippen molar-refractivity contribution in [1.82, 2.24) is 0 Å². The fraction of sp³-hybridized carbons (Fsp3) is 0.450. The van der Waals surface area contributed by atoms with Crippen LogP contribution in [0.25, 0.3) is 17.0 Å². The number of hydrogen-bond donors (Lipinski definition) is 1. The lowest BCUT2D eigenvalue weighted by Gasteiger charge is -2.38. The number of aliphatic hydroxyl groups is 1.